The molecule has 0 saturated carbocycles. The van der Waals surface area contributed by atoms with Crippen LogP contribution in [0.4, 0.5) is 5.69 Å². The molecule has 0 bridgehead atoms. The van der Waals surface area contributed by atoms with Crippen molar-refractivity contribution in [3.63, 3.8) is 0 Å². The van der Waals surface area contributed by atoms with E-state index in [-0.39, 0.29) is 35.6 Å². The highest BCUT2D eigenvalue weighted by molar-refractivity contribution is 7.10. The maximum atomic E-state index is 12.6. The predicted molar refractivity (Wildman–Crippen MR) is 97.9 cm³/mol. The number of rotatable bonds is 6. The molecule has 1 aliphatic heterocycles. The first-order valence-corrected chi connectivity index (χ1v) is 9.21. The van der Waals surface area contributed by atoms with E-state index < -0.39 is 10.9 Å². The lowest BCUT2D eigenvalue weighted by Crippen LogP contribution is -2.34. The molecule has 0 radical (unpaired) electrons. The van der Waals surface area contributed by atoms with Gasteiger partial charge in [0.2, 0.25) is 0 Å². The van der Waals surface area contributed by atoms with Gasteiger partial charge >= 0.3 is 11.7 Å². The van der Waals surface area contributed by atoms with Gasteiger partial charge in [-0.15, -0.1) is 11.3 Å². The number of carbonyl (C=O) groups is 2. The summed E-state index contributed by atoms with van der Waals surface area (Å²) < 4.78 is 9.99. The molecule has 8 nitrogen and oxygen atoms in total. The molecule has 1 aliphatic rings. The van der Waals surface area contributed by atoms with E-state index >= 15 is 0 Å². The third kappa shape index (κ3) is 4.08. The molecule has 0 spiro atoms. The predicted octanol–water partition coefficient (Wildman–Crippen LogP) is 3.19. The molecule has 9 heteroatoms. The van der Waals surface area contributed by atoms with Gasteiger partial charge in [-0.1, -0.05) is 6.07 Å². The van der Waals surface area contributed by atoms with E-state index in [0.29, 0.717) is 6.54 Å². The van der Waals surface area contributed by atoms with Crippen LogP contribution >= 0.6 is 11.3 Å². The van der Waals surface area contributed by atoms with Gasteiger partial charge in [-0.05, 0) is 36.4 Å². The van der Waals surface area contributed by atoms with E-state index in [0.717, 1.165) is 23.8 Å². The lowest BCUT2D eigenvalue weighted by Gasteiger charge is -2.23. The fourth-order valence-corrected chi connectivity index (χ4v) is 3.96. The minimum atomic E-state index is -0.684. The van der Waals surface area contributed by atoms with Crippen molar-refractivity contribution in [2.24, 2.45) is 0 Å². The van der Waals surface area contributed by atoms with Crippen LogP contribution < -0.4 is 4.74 Å². The Morgan fingerprint density at radius 1 is 1.37 bits per heavy atom. The number of methoxy groups -OCH3 is 1. The Balaban J connectivity index is 1.71. The molecule has 1 aromatic heterocycles. The van der Waals surface area contributed by atoms with E-state index in [1.807, 2.05) is 17.5 Å². The van der Waals surface area contributed by atoms with Crippen LogP contribution in [0.2, 0.25) is 0 Å². The van der Waals surface area contributed by atoms with Gasteiger partial charge in [-0.2, -0.15) is 0 Å². The van der Waals surface area contributed by atoms with Crippen molar-refractivity contribution >= 4 is 28.9 Å². The number of nitro benzene ring substituents is 1. The van der Waals surface area contributed by atoms with Gasteiger partial charge in [-0.25, -0.2) is 4.79 Å². The normalized spacial score (nSPS) is 16.2. The first kappa shape index (κ1) is 18.8. The summed E-state index contributed by atoms with van der Waals surface area (Å²) in [4.78, 5) is 37.6. The van der Waals surface area contributed by atoms with Crippen LogP contribution in [0.25, 0.3) is 0 Å². The van der Waals surface area contributed by atoms with Gasteiger partial charge in [0.25, 0.3) is 5.91 Å². The van der Waals surface area contributed by atoms with Gasteiger partial charge in [0, 0.05) is 17.5 Å². The minimum absolute atomic E-state index is 0.0257. The molecule has 2 aromatic rings. The van der Waals surface area contributed by atoms with Crippen molar-refractivity contribution in [2.75, 3.05) is 20.3 Å². The first-order valence-electron chi connectivity index (χ1n) is 8.33. The van der Waals surface area contributed by atoms with Crippen molar-refractivity contribution in [1.82, 2.24) is 4.90 Å². The number of hydrogen-bond acceptors (Lipinski definition) is 7. The lowest BCUT2D eigenvalue weighted by molar-refractivity contribution is -0.385. The summed E-state index contributed by atoms with van der Waals surface area (Å²) in [6.45, 7) is 0.328. The quantitative estimate of drug-likeness (QED) is 0.427. The average Bonchev–Trinajstić information content (AvgIpc) is 3.36. The van der Waals surface area contributed by atoms with Gasteiger partial charge in [-0.3, -0.25) is 14.9 Å². The molecule has 27 heavy (non-hydrogen) atoms. The van der Waals surface area contributed by atoms with Crippen LogP contribution in [0.5, 0.6) is 5.75 Å². The summed E-state index contributed by atoms with van der Waals surface area (Å²) in [7, 11) is 1.19. The highest BCUT2D eigenvalue weighted by Crippen LogP contribution is 2.35. The molecule has 1 fully saturated rings. The number of nitrogens with zero attached hydrogens (tertiary/aromatic N) is 2. The number of amides is 1. The number of esters is 1. The Morgan fingerprint density at radius 3 is 2.85 bits per heavy atom. The Hall–Kier alpha value is -2.94. The molecule has 2 heterocycles. The summed E-state index contributed by atoms with van der Waals surface area (Å²) in [5.74, 6) is -0.971. The third-order valence-corrected chi connectivity index (χ3v) is 5.35. The molecule has 142 valence electrons. The largest absolute Gasteiger partial charge is 0.477 e. The monoisotopic (exact) mass is 390 g/mol. The van der Waals surface area contributed by atoms with Crippen molar-refractivity contribution in [1.29, 1.82) is 0 Å². The van der Waals surface area contributed by atoms with Crippen molar-refractivity contribution in [3.05, 3.63) is 56.3 Å². The average molecular weight is 390 g/mol. The summed E-state index contributed by atoms with van der Waals surface area (Å²) >= 11 is 1.60. The molecular weight excluding hydrogens is 372 g/mol. The minimum Gasteiger partial charge on any atom is -0.477 e. The summed E-state index contributed by atoms with van der Waals surface area (Å²) in [5, 5.41) is 13.2. The maximum Gasteiger partial charge on any atom is 0.338 e. The number of carbonyl (C=O) groups excluding carboxylic acids is 2. The zero-order chi connectivity index (χ0) is 19.4. The van der Waals surface area contributed by atoms with E-state index in [2.05, 4.69) is 4.74 Å². The van der Waals surface area contributed by atoms with E-state index in [1.54, 1.807) is 16.2 Å². The van der Waals surface area contributed by atoms with Crippen molar-refractivity contribution in [2.45, 2.75) is 18.9 Å². The standard InChI is InChI=1S/C18H18N2O6S/c1-25-18(22)12-6-7-15(14(10-12)20(23)24)26-11-17(21)19-8-2-4-13(19)16-5-3-9-27-16/h3,5-7,9-10,13H,2,4,8,11H2,1H3. The molecule has 0 aliphatic carbocycles. The number of likely N-dealkylation sites (tertiary alicyclic amines) is 1. The van der Waals surface area contributed by atoms with Crippen LogP contribution in [0.1, 0.15) is 34.1 Å². The Bertz CT molecular complexity index is 852. The molecular formula is C18H18N2O6S. The number of benzene rings is 1. The second kappa shape index (κ2) is 8.17. The molecule has 1 saturated heterocycles. The Kier molecular flexibility index (Phi) is 5.70. The summed E-state index contributed by atoms with van der Waals surface area (Å²) in [6.07, 6.45) is 1.79. The number of thiophene rings is 1. The van der Waals surface area contributed by atoms with Crippen LogP contribution in [-0.4, -0.2) is 42.0 Å². The number of ether oxygens (including phenoxy) is 2. The summed E-state index contributed by atoms with van der Waals surface area (Å²) in [5.41, 5.74) is -0.345. The zero-order valence-corrected chi connectivity index (χ0v) is 15.4. The van der Waals surface area contributed by atoms with Crippen molar-refractivity contribution in [3.8, 4) is 5.75 Å². The topological polar surface area (TPSA) is 99.0 Å². The second-order valence-corrected chi connectivity index (χ2v) is 6.96. The second-order valence-electron chi connectivity index (χ2n) is 5.98. The fourth-order valence-electron chi connectivity index (χ4n) is 3.09. The van der Waals surface area contributed by atoms with E-state index in [9.17, 15) is 19.7 Å². The van der Waals surface area contributed by atoms with Crippen LogP contribution in [0.3, 0.4) is 0 Å². The van der Waals surface area contributed by atoms with Gasteiger partial charge in [0.15, 0.2) is 12.4 Å². The van der Waals surface area contributed by atoms with Crippen LogP contribution in [0, 0.1) is 10.1 Å². The van der Waals surface area contributed by atoms with Crippen LogP contribution in [-0.2, 0) is 9.53 Å². The third-order valence-electron chi connectivity index (χ3n) is 4.37. The smallest absolute Gasteiger partial charge is 0.338 e. The van der Waals surface area contributed by atoms with E-state index in [4.69, 9.17) is 4.74 Å². The SMILES string of the molecule is COC(=O)c1ccc(OCC(=O)N2CCCC2c2cccs2)c([N+](=O)[O-])c1. The number of hydrogen-bond donors (Lipinski definition) is 0. The van der Waals surface area contributed by atoms with Gasteiger partial charge < -0.3 is 14.4 Å². The molecule has 1 aromatic carbocycles. The molecule has 1 atom stereocenters. The van der Waals surface area contributed by atoms with E-state index in [1.165, 1.54) is 19.2 Å². The first-order chi connectivity index (χ1) is 13.0. The van der Waals surface area contributed by atoms with Crippen LogP contribution in [0.15, 0.2) is 35.7 Å². The highest BCUT2D eigenvalue weighted by Gasteiger charge is 2.31. The molecule has 0 N–H and O–H groups in total. The van der Waals surface area contributed by atoms with Gasteiger partial charge in [0.05, 0.1) is 23.6 Å². The fraction of sp³-hybridized carbons (Fsp3) is 0.333. The molecule has 1 unspecified atom stereocenters. The van der Waals surface area contributed by atoms with Crippen molar-refractivity contribution < 1.29 is 24.0 Å². The Labute approximate surface area is 159 Å². The summed E-state index contributed by atoms with van der Waals surface area (Å²) in [6, 6.07) is 7.72. The molecule has 3 rings (SSSR count). The number of nitro groups is 1. The van der Waals surface area contributed by atoms with Gasteiger partial charge in [0.1, 0.15) is 0 Å². The maximum absolute atomic E-state index is 12.6. The molecule has 1 amide bonds. The Morgan fingerprint density at radius 2 is 2.19 bits per heavy atom. The lowest BCUT2D eigenvalue weighted by atomic mass is 10.2. The zero-order valence-electron chi connectivity index (χ0n) is 14.6. The highest BCUT2D eigenvalue weighted by atomic mass is 32.1.